The van der Waals surface area contributed by atoms with Gasteiger partial charge in [0.05, 0.1) is 5.69 Å². The molecule has 0 aromatic carbocycles. The highest BCUT2D eigenvalue weighted by Crippen LogP contribution is 2.15. The lowest BCUT2D eigenvalue weighted by atomic mass is 10.1. The van der Waals surface area contributed by atoms with Crippen molar-refractivity contribution in [3.8, 4) is 0 Å². The molecule has 0 amide bonds. The summed E-state index contributed by atoms with van der Waals surface area (Å²) < 4.78 is 13.0. The van der Waals surface area contributed by atoms with E-state index in [9.17, 15) is 4.21 Å². The fraction of sp³-hybridized carbons (Fsp3) is 0.727. The van der Waals surface area contributed by atoms with Crippen LogP contribution in [0.25, 0.3) is 0 Å². The van der Waals surface area contributed by atoms with Crippen LogP contribution in [0.3, 0.4) is 0 Å². The molecular weight excluding hydrogens is 222 g/mol. The Hall–Kier alpha value is -0.680. The minimum atomic E-state index is -0.767. The first-order chi connectivity index (χ1) is 7.41. The molecule has 3 unspecified atom stereocenters. The molecule has 3 atom stereocenters. The molecule has 1 heterocycles. The highest BCUT2D eigenvalue weighted by atomic mass is 32.2. The molecule has 5 heteroatoms. The molecule has 1 aromatic heterocycles. The molecule has 4 nitrogen and oxygen atoms in total. The Labute approximate surface area is 99.9 Å². The Morgan fingerprint density at radius 1 is 1.56 bits per heavy atom. The molecular formula is C11H21N3OS. The van der Waals surface area contributed by atoms with Crippen LogP contribution in [0, 0.1) is 6.92 Å². The van der Waals surface area contributed by atoms with Crippen molar-refractivity contribution in [2.45, 2.75) is 32.1 Å². The van der Waals surface area contributed by atoms with E-state index in [1.165, 1.54) is 5.56 Å². The average Bonchev–Trinajstić information content (AvgIpc) is 2.53. The summed E-state index contributed by atoms with van der Waals surface area (Å²) in [5.74, 6) is 0. The van der Waals surface area contributed by atoms with Gasteiger partial charge in [-0.15, -0.1) is 0 Å². The van der Waals surface area contributed by atoms with Gasteiger partial charge >= 0.3 is 0 Å². The molecule has 0 radical (unpaired) electrons. The number of nitrogens with one attached hydrogen (secondary N) is 1. The van der Waals surface area contributed by atoms with Crippen LogP contribution >= 0.6 is 0 Å². The summed E-state index contributed by atoms with van der Waals surface area (Å²) >= 11 is 0. The van der Waals surface area contributed by atoms with Gasteiger partial charge in [0.2, 0.25) is 0 Å². The lowest BCUT2D eigenvalue weighted by Gasteiger charge is -2.15. The normalized spacial score (nSPS) is 17.1. The number of hydrogen-bond donors (Lipinski definition) is 1. The van der Waals surface area contributed by atoms with E-state index in [2.05, 4.69) is 17.3 Å². The predicted molar refractivity (Wildman–Crippen MR) is 67.9 cm³/mol. The third-order valence-electron chi connectivity index (χ3n) is 2.80. The van der Waals surface area contributed by atoms with Crippen LogP contribution in [0.4, 0.5) is 0 Å². The van der Waals surface area contributed by atoms with Gasteiger partial charge in [0.15, 0.2) is 0 Å². The van der Waals surface area contributed by atoms with E-state index in [0.717, 1.165) is 12.2 Å². The van der Waals surface area contributed by atoms with E-state index < -0.39 is 10.8 Å². The average molecular weight is 243 g/mol. The molecule has 92 valence electrons. The smallest absolute Gasteiger partial charge is 0.0641 e. The zero-order valence-electron chi connectivity index (χ0n) is 10.7. The lowest BCUT2D eigenvalue weighted by Crippen LogP contribution is -2.29. The van der Waals surface area contributed by atoms with Crippen molar-refractivity contribution in [1.82, 2.24) is 15.1 Å². The lowest BCUT2D eigenvalue weighted by molar-refractivity contribution is 0.566. The number of nitrogens with zero attached hydrogens (tertiary/aromatic N) is 2. The van der Waals surface area contributed by atoms with Crippen LogP contribution < -0.4 is 5.32 Å². The largest absolute Gasteiger partial charge is 0.309 e. The van der Waals surface area contributed by atoms with E-state index in [-0.39, 0.29) is 11.3 Å². The molecule has 0 aliphatic carbocycles. The Morgan fingerprint density at radius 3 is 2.62 bits per heavy atom. The van der Waals surface area contributed by atoms with Gasteiger partial charge in [-0.25, -0.2) is 0 Å². The summed E-state index contributed by atoms with van der Waals surface area (Å²) in [7, 11) is 1.16. The van der Waals surface area contributed by atoms with E-state index in [0.29, 0.717) is 0 Å². The maximum atomic E-state index is 11.2. The molecule has 0 aliphatic rings. The van der Waals surface area contributed by atoms with Gasteiger partial charge in [0.1, 0.15) is 0 Å². The summed E-state index contributed by atoms with van der Waals surface area (Å²) in [6, 6.07) is 0.250. The molecule has 0 aliphatic heterocycles. The van der Waals surface area contributed by atoms with Gasteiger partial charge in [-0.1, -0.05) is 0 Å². The molecule has 0 spiro atoms. The number of aryl methyl sites for hydroxylation is 2. The highest BCUT2D eigenvalue weighted by Gasteiger charge is 2.13. The van der Waals surface area contributed by atoms with Crippen molar-refractivity contribution in [3.05, 3.63) is 17.5 Å². The van der Waals surface area contributed by atoms with Gasteiger partial charge in [0.25, 0.3) is 0 Å². The van der Waals surface area contributed by atoms with Crippen LogP contribution in [0.1, 0.15) is 31.1 Å². The second-order valence-corrected chi connectivity index (χ2v) is 6.08. The van der Waals surface area contributed by atoms with Crippen molar-refractivity contribution < 1.29 is 4.21 Å². The molecule has 0 saturated carbocycles. The number of aromatic nitrogens is 2. The van der Waals surface area contributed by atoms with E-state index in [1.807, 2.05) is 31.8 Å². The van der Waals surface area contributed by atoms with Gasteiger partial charge in [0, 0.05) is 53.7 Å². The van der Waals surface area contributed by atoms with Crippen LogP contribution in [-0.4, -0.2) is 32.0 Å². The summed E-state index contributed by atoms with van der Waals surface area (Å²) in [6.07, 6.45) is 3.77. The van der Waals surface area contributed by atoms with E-state index in [1.54, 1.807) is 6.26 Å². The number of rotatable bonds is 5. The molecule has 1 aromatic rings. The standard InChI is InChI=1S/C11H21N3OS/c1-8(16(5)15)6-12-9(2)11-7-14(4)13-10(11)3/h7-9,12H,6H2,1-5H3. The topological polar surface area (TPSA) is 46.9 Å². The van der Waals surface area contributed by atoms with Crippen molar-refractivity contribution in [1.29, 1.82) is 0 Å². The van der Waals surface area contributed by atoms with Crippen LogP contribution in [0.15, 0.2) is 6.20 Å². The minimum absolute atomic E-state index is 0.180. The predicted octanol–water partition coefficient (Wildman–Crippen LogP) is 1.15. The quantitative estimate of drug-likeness (QED) is 0.844. The van der Waals surface area contributed by atoms with E-state index >= 15 is 0 Å². The fourth-order valence-electron chi connectivity index (χ4n) is 1.61. The third kappa shape index (κ3) is 3.42. The van der Waals surface area contributed by atoms with Crippen molar-refractivity contribution >= 4 is 10.8 Å². The SMILES string of the molecule is Cc1nn(C)cc1C(C)NCC(C)S(C)=O. The first-order valence-electron chi connectivity index (χ1n) is 5.47. The Kier molecular flexibility index (Phi) is 4.68. The summed E-state index contributed by atoms with van der Waals surface area (Å²) in [6.45, 7) is 6.87. The van der Waals surface area contributed by atoms with Gasteiger partial charge in [-0.05, 0) is 20.8 Å². The Bertz CT molecular complexity index is 375. The van der Waals surface area contributed by atoms with Gasteiger partial charge in [-0.3, -0.25) is 8.89 Å². The third-order valence-corrected chi connectivity index (χ3v) is 4.10. The number of hydrogen-bond acceptors (Lipinski definition) is 3. The van der Waals surface area contributed by atoms with Gasteiger partial charge in [-0.2, -0.15) is 5.10 Å². The van der Waals surface area contributed by atoms with Crippen molar-refractivity contribution in [2.24, 2.45) is 7.05 Å². The first-order valence-corrected chi connectivity index (χ1v) is 7.09. The second kappa shape index (κ2) is 5.59. The summed E-state index contributed by atoms with van der Waals surface area (Å²) in [5, 5.41) is 7.88. The Morgan fingerprint density at radius 2 is 2.19 bits per heavy atom. The molecule has 0 saturated heterocycles. The van der Waals surface area contributed by atoms with Crippen LogP contribution in [0.2, 0.25) is 0 Å². The molecule has 1 rings (SSSR count). The highest BCUT2D eigenvalue weighted by molar-refractivity contribution is 7.84. The van der Waals surface area contributed by atoms with Crippen molar-refractivity contribution in [3.63, 3.8) is 0 Å². The molecule has 1 N–H and O–H groups in total. The summed E-state index contributed by atoms with van der Waals surface area (Å²) in [4.78, 5) is 0. The second-order valence-electron chi connectivity index (χ2n) is 4.28. The Balaban J connectivity index is 2.56. The molecule has 0 fully saturated rings. The zero-order chi connectivity index (χ0) is 12.3. The van der Waals surface area contributed by atoms with E-state index in [4.69, 9.17) is 0 Å². The summed E-state index contributed by atoms with van der Waals surface area (Å²) in [5.41, 5.74) is 2.25. The maximum Gasteiger partial charge on any atom is 0.0641 e. The van der Waals surface area contributed by atoms with Crippen LogP contribution in [-0.2, 0) is 17.8 Å². The fourth-order valence-corrected chi connectivity index (χ4v) is 1.94. The van der Waals surface area contributed by atoms with Gasteiger partial charge < -0.3 is 5.32 Å². The first kappa shape index (κ1) is 13.4. The molecule has 0 bridgehead atoms. The van der Waals surface area contributed by atoms with Crippen LogP contribution in [0.5, 0.6) is 0 Å². The maximum absolute atomic E-state index is 11.2. The van der Waals surface area contributed by atoms with Crippen molar-refractivity contribution in [2.75, 3.05) is 12.8 Å². The minimum Gasteiger partial charge on any atom is -0.309 e. The zero-order valence-corrected chi connectivity index (χ0v) is 11.5. The molecule has 16 heavy (non-hydrogen) atoms. The monoisotopic (exact) mass is 243 g/mol.